The minimum absolute atomic E-state index is 0.549. The van der Waals surface area contributed by atoms with E-state index in [0.29, 0.717) is 10.9 Å². The third-order valence-electron chi connectivity index (χ3n) is 1.75. The first-order valence-corrected chi connectivity index (χ1v) is 4.13. The lowest BCUT2D eigenvalue weighted by atomic mass is 10.2. The number of benzene rings is 1. The summed E-state index contributed by atoms with van der Waals surface area (Å²) in [6.07, 6.45) is 1.47. The van der Waals surface area contributed by atoms with Crippen molar-refractivity contribution >= 4 is 22.5 Å². The molecule has 66 valence electrons. The highest BCUT2D eigenvalue weighted by atomic mass is 35.5. The number of aromatic nitrogens is 2. The monoisotopic (exact) mass is 194 g/mol. The average Bonchev–Trinajstić information content (AvgIpc) is 2.17. The third-order valence-corrected chi connectivity index (χ3v) is 1.99. The zero-order valence-corrected chi connectivity index (χ0v) is 7.75. The second kappa shape index (κ2) is 3.18. The molecule has 1 heterocycles. The molecule has 2 rings (SSSR count). The van der Waals surface area contributed by atoms with Crippen molar-refractivity contribution < 1.29 is 4.74 Å². The Hall–Kier alpha value is -1.35. The maximum Gasteiger partial charge on any atom is 0.224 e. The van der Waals surface area contributed by atoms with Gasteiger partial charge in [-0.25, -0.2) is 9.97 Å². The van der Waals surface area contributed by atoms with Crippen LogP contribution in [0.1, 0.15) is 0 Å². The van der Waals surface area contributed by atoms with Crippen molar-refractivity contribution in [2.24, 2.45) is 0 Å². The molecule has 0 radical (unpaired) electrons. The van der Waals surface area contributed by atoms with E-state index in [0.717, 1.165) is 10.9 Å². The Labute approximate surface area is 80.3 Å². The van der Waals surface area contributed by atoms with Gasteiger partial charge in [-0.05, 0) is 18.2 Å². The summed E-state index contributed by atoms with van der Waals surface area (Å²) in [6.45, 7) is 0. The van der Waals surface area contributed by atoms with E-state index in [1.54, 1.807) is 19.2 Å². The molecule has 0 aliphatic rings. The molecule has 1 aromatic carbocycles. The van der Waals surface area contributed by atoms with Crippen molar-refractivity contribution in [2.75, 3.05) is 7.11 Å². The van der Waals surface area contributed by atoms with Crippen LogP contribution in [-0.2, 0) is 0 Å². The summed E-state index contributed by atoms with van der Waals surface area (Å²) in [7, 11) is 1.57. The van der Waals surface area contributed by atoms with Gasteiger partial charge in [0, 0.05) is 5.02 Å². The molecule has 0 saturated carbocycles. The SMILES string of the molecule is COc1ncnc2ccc(Cl)cc12. The second-order valence-corrected chi connectivity index (χ2v) is 2.98. The summed E-state index contributed by atoms with van der Waals surface area (Å²) < 4.78 is 5.07. The summed E-state index contributed by atoms with van der Waals surface area (Å²) in [5.74, 6) is 0.549. The highest BCUT2D eigenvalue weighted by Gasteiger charge is 2.02. The quantitative estimate of drug-likeness (QED) is 0.699. The van der Waals surface area contributed by atoms with Crippen molar-refractivity contribution in [1.29, 1.82) is 0 Å². The largest absolute Gasteiger partial charge is 0.480 e. The molecule has 3 nitrogen and oxygen atoms in total. The first kappa shape index (κ1) is 8.26. The molecule has 0 atom stereocenters. The Balaban J connectivity index is 2.79. The minimum Gasteiger partial charge on any atom is -0.480 e. The van der Waals surface area contributed by atoms with Crippen molar-refractivity contribution in [3.63, 3.8) is 0 Å². The van der Waals surface area contributed by atoms with Gasteiger partial charge in [-0.15, -0.1) is 0 Å². The van der Waals surface area contributed by atoms with Gasteiger partial charge in [0.2, 0.25) is 5.88 Å². The topological polar surface area (TPSA) is 35.0 Å². The normalized spacial score (nSPS) is 10.3. The van der Waals surface area contributed by atoms with Gasteiger partial charge in [0.1, 0.15) is 6.33 Å². The fraction of sp³-hybridized carbons (Fsp3) is 0.111. The van der Waals surface area contributed by atoms with E-state index in [9.17, 15) is 0 Å². The lowest BCUT2D eigenvalue weighted by Gasteiger charge is -2.02. The maximum atomic E-state index is 5.84. The van der Waals surface area contributed by atoms with Gasteiger partial charge in [0.05, 0.1) is 18.0 Å². The van der Waals surface area contributed by atoms with Crippen LogP contribution < -0.4 is 4.74 Å². The molecular formula is C9H7ClN2O. The molecule has 4 heteroatoms. The molecule has 0 bridgehead atoms. The lowest BCUT2D eigenvalue weighted by Crippen LogP contribution is -1.90. The predicted octanol–water partition coefficient (Wildman–Crippen LogP) is 2.29. The number of fused-ring (bicyclic) bond motifs is 1. The van der Waals surface area contributed by atoms with E-state index in [2.05, 4.69) is 9.97 Å². The van der Waals surface area contributed by atoms with Crippen LogP contribution in [0.15, 0.2) is 24.5 Å². The minimum atomic E-state index is 0.549. The summed E-state index contributed by atoms with van der Waals surface area (Å²) in [5.41, 5.74) is 0.830. The van der Waals surface area contributed by atoms with E-state index in [4.69, 9.17) is 16.3 Å². The number of hydrogen-bond acceptors (Lipinski definition) is 3. The molecule has 13 heavy (non-hydrogen) atoms. The number of nitrogens with zero attached hydrogens (tertiary/aromatic N) is 2. The summed E-state index contributed by atoms with van der Waals surface area (Å²) in [6, 6.07) is 5.41. The van der Waals surface area contributed by atoms with Gasteiger partial charge in [0.25, 0.3) is 0 Å². The fourth-order valence-electron chi connectivity index (χ4n) is 1.17. The highest BCUT2D eigenvalue weighted by Crippen LogP contribution is 2.23. The standard InChI is InChI=1S/C9H7ClN2O/c1-13-9-7-4-6(10)2-3-8(7)11-5-12-9/h2-5H,1H3. The van der Waals surface area contributed by atoms with E-state index < -0.39 is 0 Å². The lowest BCUT2D eigenvalue weighted by molar-refractivity contribution is 0.402. The fourth-order valence-corrected chi connectivity index (χ4v) is 1.34. The van der Waals surface area contributed by atoms with E-state index >= 15 is 0 Å². The van der Waals surface area contributed by atoms with Gasteiger partial charge < -0.3 is 4.74 Å². The van der Waals surface area contributed by atoms with Crippen LogP contribution in [0.2, 0.25) is 5.02 Å². The molecule has 0 saturated heterocycles. The number of hydrogen-bond donors (Lipinski definition) is 0. The Kier molecular flexibility index (Phi) is 2.02. The molecule has 2 aromatic rings. The van der Waals surface area contributed by atoms with Crippen LogP contribution in [-0.4, -0.2) is 17.1 Å². The first-order chi connectivity index (χ1) is 6.31. The van der Waals surface area contributed by atoms with Gasteiger partial charge in [0.15, 0.2) is 0 Å². The van der Waals surface area contributed by atoms with Gasteiger partial charge in [-0.3, -0.25) is 0 Å². The number of ether oxygens (including phenoxy) is 1. The van der Waals surface area contributed by atoms with Gasteiger partial charge in [-0.2, -0.15) is 0 Å². The molecule has 1 aromatic heterocycles. The van der Waals surface area contributed by atoms with E-state index in [1.807, 2.05) is 6.07 Å². The Morgan fingerprint density at radius 1 is 1.31 bits per heavy atom. The van der Waals surface area contributed by atoms with Crippen LogP contribution in [0, 0.1) is 0 Å². The molecule has 0 aliphatic carbocycles. The zero-order chi connectivity index (χ0) is 9.26. The van der Waals surface area contributed by atoms with Crippen molar-refractivity contribution in [3.05, 3.63) is 29.5 Å². The van der Waals surface area contributed by atoms with Gasteiger partial charge in [-0.1, -0.05) is 11.6 Å². The molecule has 0 spiro atoms. The van der Waals surface area contributed by atoms with Crippen molar-refractivity contribution in [3.8, 4) is 5.88 Å². The van der Waals surface area contributed by atoms with Crippen LogP contribution in [0.25, 0.3) is 10.9 Å². The van der Waals surface area contributed by atoms with Crippen LogP contribution in [0.4, 0.5) is 0 Å². The molecule has 0 unspecified atom stereocenters. The van der Waals surface area contributed by atoms with Crippen LogP contribution in [0.5, 0.6) is 5.88 Å². The van der Waals surface area contributed by atoms with Gasteiger partial charge >= 0.3 is 0 Å². The van der Waals surface area contributed by atoms with Crippen molar-refractivity contribution in [2.45, 2.75) is 0 Å². The van der Waals surface area contributed by atoms with E-state index in [-0.39, 0.29) is 0 Å². The summed E-state index contributed by atoms with van der Waals surface area (Å²) >= 11 is 5.84. The van der Waals surface area contributed by atoms with Crippen LogP contribution in [0.3, 0.4) is 0 Å². The molecule has 0 aliphatic heterocycles. The predicted molar refractivity (Wildman–Crippen MR) is 51.1 cm³/mol. The maximum absolute atomic E-state index is 5.84. The second-order valence-electron chi connectivity index (χ2n) is 2.54. The number of methoxy groups -OCH3 is 1. The molecular weight excluding hydrogens is 188 g/mol. The van der Waals surface area contributed by atoms with Crippen molar-refractivity contribution in [1.82, 2.24) is 9.97 Å². The molecule has 0 N–H and O–H groups in total. The summed E-state index contributed by atoms with van der Waals surface area (Å²) in [5, 5.41) is 1.48. The smallest absolute Gasteiger partial charge is 0.224 e. The third kappa shape index (κ3) is 1.42. The Morgan fingerprint density at radius 3 is 2.92 bits per heavy atom. The molecule has 0 fully saturated rings. The molecule has 0 amide bonds. The summed E-state index contributed by atoms with van der Waals surface area (Å²) in [4.78, 5) is 8.06. The average molecular weight is 195 g/mol. The number of halogens is 1. The first-order valence-electron chi connectivity index (χ1n) is 3.75. The Bertz CT molecular complexity index is 445. The Morgan fingerprint density at radius 2 is 2.15 bits per heavy atom. The van der Waals surface area contributed by atoms with E-state index in [1.165, 1.54) is 6.33 Å². The number of rotatable bonds is 1. The zero-order valence-electron chi connectivity index (χ0n) is 6.99. The van der Waals surface area contributed by atoms with Crippen LogP contribution >= 0.6 is 11.6 Å². The highest BCUT2D eigenvalue weighted by molar-refractivity contribution is 6.31.